The van der Waals surface area contributed by atoms with Crippen LogP contribution in [0.4, 0.5) is 0 Å². The molecule has 2 aromatic rings. The van der Waals surface area contributed by atoms with E-state index in [1.807, 2.05) is 30.3 Å². The molecule has 0 aliphatic heterocycles. The summed E-state index contributed by atoms with van der Waals surface area (Å²) in [4.78, 5) is 0. The Morgan fingerprint density at radius 1 is 0.889 bits per heavy atom. The second-order valence-electron chi connectivity index (χ2n) is 7.09. The van der Waals surface area contributed by atoms with Crippen LogP contribution in [0.25, 0.3) is 12.2 Å². The van der Waals surface area contributed by atoms with Crippen LogP contribution in [0.1, 0.15) is 30.4 Å². The van der Waals surface area contributed by atoms with Gasteiger partial charge in [0.25, 0.3) is 0 Å². The lowest BCUT2D eigenvalue weighted by molar-refractivity contribution is 0.414. The Labute approximate surface area is 162 Å². The van der Waals surface area contributed by atoms with E-state index in [2.05, 4.69) is 55.1 Å². The molecular weight excluding hydrogens is 332 g/mol. The molecule has 1 saturated carbocycles. The Kier molecular flexibility index (Phi) is 6.18. The molecule has 2 aromatic carbocycles. The van der Waals surface area contributed by atoms with Crippen LogP contribution in [0.5, 0.6) is 11.5 Å². The van der Waals surface area contributed by atoms with Crippen LogP contribution in [0.3, 0.4) is 0 Å². The summed E-state index contributed by atoms with van der Waals surface area (Å²) in [6, 6.07) is 16.4. The number of ether oxygens (including phenoxy) is 2. The van der Waals surface area contributed by atoms with Gasteiger partial charge in [0.1, 0.15) is 11.5 Å². The number of benzene rings is 2. The van der Waals surface area contributed by atoms with Crippen LogP contribution in [0, 0.1) is 11.3 Å². The van der Waals surface area contributed by atoms with Gasteiger partial charge in [0.05, 0.1) is 14.2 Å². The van der Waals surface area contributed by atoms with Crippen molar-refractivity contribution < 1.29 is 9.47 Å². The van der Waals surface area contributed by atoms with Gasteiger partial charge in [-0.15, -0.1) is 6.58 Å². The van der Waals surface area contributed by atoms with Crippen LogP contribution in [-0.4, -0.2) is 14.2 Å². The molecule has 3 rings (SSSR count). The highest BCUT2D eigenvalue weighted by molar-refractivity contribution is 5.57. The molecule has 1 fully saturated rings. The van der Waals surface area contributed by atoms with Gasteiger partial charge in [0.2, 0.25) is 0 Å². The molecule has 0 heterocycles. The second-order valence-corrected chi connectivity index (χ2v) is 7.09. The van der Waals surface area contributed by atoms with Crippen molar-refractivity contribution in [2.24, 2.45) is 11.3 Å². The summed E-state index contributed by atoms with van der Waals surface area (Å²) >= 11 is 0. The van der Waals surface area contributed by atoms with Crippen LogP contribution >= 0.6 is 0 Å². The molecule has 2 heteroatoms. The van der Waals surface area contributed by atoms with Gasteiger partial charge in [-0.1, -0.05) is 54.6 Å². The fraction of sp³-hybridized carbons (Fsp3) is 0.280. The van der Waals surface area contributed by atoms with Gasteiger partial charge in [-0.3, -0.25) is 0 Å². The highest BCUT2D eigenvalue weighted by Gasteiger charge is 2.48. The molecule has 27 heavy (non-hydrogen) atoms. The Balaban J connectivity index is 1.75. The van der Waals surface area contributed by atoms with E-state index in [4.69, 9.17) is 9.47 Å². The summed E-state index contributed by atoms with van der Waals surface area (Å²) in [5.41, 5.74) is 2.54. The Morgan fingerprint density at radius 3 is 1.78 bits per heavy atom. The van der Waals surface area contributed by atoms with Crippen molar-refractivity contribution in [3.63, 3.8) is 0 Å². The quantitative estimate of drug-likeness (QED) is 0.482. The highest BCUT2D eigenvalue weighted by Crippen LogP contribution is 2.58. The van der Waals surface area contributed by atoms with E-state index in [1.54, 1.807) is 14.2 Å². The molecule has 0 unspecified atom stereocenters. The van der Waals surface area contributed by atoms with Crippen molar-refractivity contribution in [1.82, 2.24) is 0 Å². The highest BCUT2D eigenvalue weighted by atomic mass is 16.5. The van der Waals surface area contributed by atoms with Crippen molar-refractivity contribution in [2.45, 2.75) is 19.3 Å². The molecule has 1 aliphatic carbocycles. The van der Waals surface area contributed by atoms with Gasteiger partial charge in [0, 0.05) is 5.41 Å². The molecule has 1 aliphatic rings. The van der Waals surface area contributed by atoms with E-state index in [-0.39, 0.29) is 5.41 Å². The minimum atomic E-state index is 0.142. The van der Waals surface area contributed by atoms with Gasteiger partial charge in [-0.2, -0.15) is 0 Å². The molecule has 0 saturated heterocycles. The van der Waals surface area contributed by atoms with Crippen molar-refractivity contribution in [1.29, 1.82) is 0 Å². The summed E-state index contributed by atoms with van der Waals surface area (Å²) in [7, 11) is 3.39. The Hall–Kier alpha value is -2.74. The van der Waals surface area contributed by atoms with Gasteiger partial charge in [-0.25, -0.2) is 0 Å². The first-order valence-corrected chi connectivity index (χ1v) is 9.46. The molecule has 0 amide bonds. The lowest BCUT2D eigenvalue weighted by atomic mass is 9.97. The molecule has 1 atom stereocenters. The Bertz CT molecular complexity index is 740. The molecule has 0 aromatic heterocycles. The van der Waals surface area contributed by atoms with Gasteiger partial charge >= 0.3 is 0 Å². The van der Waals surface area contributed by atoms with E-state index in [0.717, 1.165) is 17.9 Å². The van der Waals surface area contributed by atoms with Gasteiger partial charge in [-0.05, 0) is 60.6 Å². The fourth-order valence-corrected chi connectivity index (χ4v) is 3.45. The number of rotatable bonds is 9. The van der Waals surface area contributed by atoms with E-state index in [1.165, 1.54) is 24.0 Å². The second kappa shape index (κ2) is 8.77. The summed E-state index contributed by atoms with van der Waals surface area (Å²) in [5.74, 6) is 2.45. The summed E-state index contributed by atoms with van der Waals surface area (Å²) < 4.78 is 10.5. The van der Waals surface area contributed by atoms with Crippen molar-refractivity contribution in [2.75, 3.05) is 14.2 Å². The third kappa shape index (κ3) is 4.91. The third-order valence-electron chi connectivity index (χ3n) is 5.32. The normalized spacial score (nSPS) is 17.9. The predicted octanol–water partition coefficient (Wildman–Crippen LogP) is 6.40. The standard InChI is InChI=1S/C25H28O2/c1-4-5-6-22-19-25(22,17-15-20-7-11-23(26-2)12-8-20)18-16-21-9-13-24(27-3)14-10-21/h4,7-18,22H,1,5-6,19H2,2-3H3/b17-15+,18-16+/t22-/m1/s1. The lowest BCUT2D eigenvalue weighted by Gasteiger charge is -2.08. The maximum absolute atomic E-state index is 5.24. The SMILES string of the molecule is C=CCC[C@@H]1CC1(/C=C/c1ccc(OC)cc1)/C=C/c1ccc(OC)cc1. The van der Waals surface area contributed by atoms with Crippen molar-refractivity contribution >= 4 is 12.2 Å². The number of hydrogen-bond acceptors (Lipinski definition) is 2. The van der Waals surface area contributed by atoms with E-state index in [9.17, 15) is 0 Å². The maximum atomic E-state index is 5.24. The molecular formula is C25H28O2. The summed E-state index contributed by atoms with van der Waals surface area (Å²) in [6.07, 6.45) is 14.6. The lowest BCUT2D eigenvalue weighted by Crippen LogP contribution is -1.96. The van der Waals surface area contributed by atoms with Crippen LogP contribution in [-0.2, 0) is 0 Å². The minimum Gasteiger partial charge on any atom is -0.497 e. The van der Waals surface area contributed by atoms with Gasteiger partial charge in [0.15, 0.2) is 0 Å². The molecule has 0 bridgehead atoms. The molecule has 0 radical (unpaired) electrons. The minimum absolute atomic E-state index is 0.142. The average molecular weight is 360 g/mol. The first kappa shape index (κ1) is 19.0. The average Bonchev–Trinajstić information content (AvgIpc) is 3.43. The first-order valence-electron chi connectivity index (χ1n) is 9.46. The Morgan fingerprint density at radius 2 is 1.37 bits per heavy atom. The van der Waals surface area contributed by atoms with E-state index < -0.39 is 0 Å². The fourth-order valence-electron chi connectivity index (χ4n) is 3.45. The monoisotopic (exact) mass is 360 g/mol. The number of methoxy groups -OCH3 is 2. The maximum Gasteiger partial charge on any atom is 0.118 e. The van der Waals surface area contributed by atoms with Crippen LogP contribution in [0.2, 0.25) is 0 Å². The molecule has 0 N–H and O–H groups in total. The summed E-state index contributed by atoms with van der Waals surface area (Å²) in [5, 5.41) is 0. The predicted molar refractivity (Wildman–Crippen MR) is 114 cm³/mol. The largest absolute Gasteiger partial charge is 0.497 e. The topological polar surface area (TPSA) is 18.5 Å². The zero-order chi connectivity index (χ0) is 19.1. The first-order chi connectivity index (χ1) is 13.2. The van der Waals surface area contributed by atoms with E-state index >= 15 is 0 Å². The van der Waals surface area contributed by atoms with Gasteiger partial charge < -0.3 is 9.47 Å². The summed E-state index contributed by atoms with van der Waals surface area (Å²) in [6.45, 7) is 3.87. The van der Waals surface area contributed by atoms with Crippen molar-refractivity contribution in [3.8, 4) is 11.5 Å². The zero-order valence-electron chi connectivity index (χ0n) is 16.2. The molecule has 0 spiro atoms. The van der Waals surface area contributed by atoms with E-state index in [0.29, 0.717) is 5.92 Å². The molecule has 140 valence electrons. The number of hydrogen-bond donors (Lipinski definition) is 0. The smallest absolute Gasteiger partial charge is 0.118 e. The third-order valence-corrected chi connectivity index (χ3v) is 5.32. The van der Waals surface area contributed by atoms with Crippen LogP contribution in [0.15, 0.2) is 73.3 Å². The number of allylic oxidation sites excluding steroid dienone is 3. The molecule has 2 nitrogen and oxygen atoms in total. The van der Waals surface area contributed by atoms with Crippen molar-refractivity contribution in [3.05, 3.63) is 84.5 Å². The van der Waals surface area contributed by atoms with Crippen LogP contribution < -0.4 is 9.47 Å². The zero-order valence-corrected chi connectivity index (χ0v) is 16.2.